The summed E-state index contributed by atoms with van der Waals surface area (Å²) in [5.74, 6) is 0. The van der Waals surface area contributed by atoms with E-state index in [1.54, 1.807) is 36.4 Å². The normalized spacial score (nSPS) is 10.7. The Labute approximate surface area is 205 Å². The lowest BCUT2D eigenvalue weighted by Crippen LogP contribution is -2.02. The SMILES string of the molecule is O=[N+]([O-])c1ccc(Cc2cc(Cc3ccc([N+](=O)[O-])cc3)nc(Cc3ccc([N+](=O)[O-])cc3)c2)cc1. The van der Waals surface area contributed by atoms with Gasteiger partial charge in [0.25, 0.3) is 17.1 Å². The first kappa shape index (κ1) is 24.1. The lowest BCUT2D eigenvalue weighted by Gasteiger charge is -2.10. The Morgan fingerprint density at radius 2 is 0.778 bits per heavy atom. The molecule has 0 bridgehead atoms. The van der Waals surface area contributed by atoms with E-state index in [1.807, 2.05) is 12.1 Å². The fourth-order valence-electron chi connectivity index (χ4n) is 3.86. The number of rotatable bonds is 9. The van der Waals surface area contributed by atoms with E-state index in [0.29, 0.717) is 19.3 Å². The molecule has 0 spiro atoms. The average Bonchev–Trinajstić information content (AvgIpc) is 2.85. The van der Waals surface area contributed by atoms with Crippen LogP contribution in [-0.2, 0) is 19.3 Å². The largest absolute Gasteiger partial charge is 0.269 e. The molecule has 180 valence electrons. The van der Waals surface area contributed by atoms with Crippen LogP contribution in [0.1, 0.15) is 33.6 Å². The zero-order valence-electron chi connectivity index (χ0n) is 18.9. The smallest absolute Gasteiger partial charge is 0.258 e. The first-order valence-corrected chi connectivity index (χ1v) is 11.0. The predicted molar refractivity (Wildman–Crippen MR) is 132 cm³/mol. The number of benzene rings is 3. The Bertz CT molecular complexity index is 1230. The monoisotopic (exact) mass is 484 g/mol. The number of nitro benzene ring substituents is 3. The van der Waals surface area contributed by atoms with Crippen LogP contribution >= 0.6 is 0 Å². The molecule has 0 atom stereocenters. The van der Waals surface area contributed by atoms with Gasteiger partial charge in [-0.15, -0.1) is 0 Å². The van der Waals surface area contributed by atoms with E-state index in [0.717, 1.165) is 33.6 Å². The van der Waals surface area contributed by atoms with E-state index in [1.165, 1.54) is 36.4 Å². The van der Waals surface area contributed by atoms with Gasteiger partial charge in [-0.2, -0.15) is 0 Å². The molecule has 0 radical (unpaired) electrons. The van der Waals surface area contributed by atoms with Gasteiger partial charge in [0.05, 0.1) is 14.8 Å². The van der Waals surface area contributed by atoms with Crippen LogP contribution in [0.25, 0.3) is 0 Å². The molecular formula is C26H20N4O6. The van der Waals surface area contributed by atoms with Crippen molar-refractivity contribution < 1.29 is 14.8 Å². The summed E-state index contributed by atoms with van der Waals surface area (Å²) in [6.45, 7) is 0. The number of nitrogens with zero attached hydrogens (tertiary/aromatic N) is 4. The highest BCUT2D eigenvalue weighted by Gasteiger charge is 2.11. The van der Waals surface area contributed by atoms with Crippen molar-refractivity contribution in [1.29, 1.82) is 0 Å². The molecule has 0 aliphatic carbocycles. The molecule has 0 unspecified atom stereocenters. The summed E-state index contributed by atoms with van der Waals surface area (Å²) in [5.41, 5.74) is 5.15. The van der Waals surface area contributed by atoms with Crippen LogP contribution in [-0.4, -0.2) is 19.8 Å². The topological polar surface area (TPSA) is 142 Å². The second-order valence-electron chi connectivity index (χ2n) is 8.26. The van der Waals surface area contributed by atoms with Gasteiger partial charge in [-0.1, -0.05) is 36.4 Å². The summed E-state index contributed by atoms with van der Waals surface area (Å²) in [7, 11) is 0. The summed E-state index contributed by atoms with van der Waals surface area (Å²) in [6.07, 6.45) is 1.44. The van der Waals surface area contributed by atoms with E-state index in [4.69, 9.17) is 4.98 Å². The second-order valence-corrected chi connectivity index (χ2v) is 8.26. The quantitative estimate of drug-likeness (QED) is 0.223. The van der Waals surface area contributed by atoms with Gasteiger partial charge in [0, 0.05) is 60.6 Å². The van der Waals surface area contributed by atoms with Gasteiger partial charge in [0.1, 0.15) is 0 Å². The van der Waals surface area contributed by atoms with Crippen molar-refractivity contribution in [3.63, 3.8) is 0 Å². The van der Waals surface area contributed by atoms with Crippen molar-refractivity contribution in [1.82, 2.24) is 4.98 Å². The Balaban J connectivity index is 1.62. The summed E-state index contributed by atoms with van der Waals surface area (Å²) < 4.78 is 0. The number of aromatic nitrogens is 1. The molecule has 1 heterocycles. The van der Waals surface area contributed by atoms with Gasteiger partial charge in [0.2, 0.25) is 0 Å². The minimum Gasteiger partial charge on any atom is -0.258 e. The molecule has 3 aromatic carbocycles. The minimum absolute atomic E-state index is 0.0116. The molecule has 36 heavy (non-hydrogen) atoms. The molecule has 0 saturated carbocycles. The zero-order valence-corrected chi connectivity index (χ0v) is 18.9. The third-order valence-electron chi connectivity index (χ3n) is 5.61. The van der Waals surface area contributed by atoms with Crippen LogP contribution in [0.3, 0.4) is 0 Å². The first-order chi connectivity index (χ1) is 17.3. The lowest BCUT2D eigenvalue weighted by atomic mass is 9.99. The van der Waals surface area contributed by atoms with Gasteiger partial charge < -0.3 is 0 Å². The summed E-state index contributed by atoms with van der Waals surface area (Å²) in [6, 6.07) is 22.8. The lowest BCUT2D eigenvalue weighted by molar-refractivity contribution is -0.385. The summed E-state index contributed by atoms with van der Waals surface area (Å²) in [5, 5.41) is 32.8. The van der Waals surface area contributed by atoms with Gasteiger partial charge >= 0.3 is 0 Å². The van der Waals surface area contributed by atoms with Crippen LogP contribution in [0.4, 0.5) is 17.1 Å². The molecule has 0 saturated heterocycles. The number of hydrogen-bond donors (Lipinski definition) is 0. The fourth-order valence-corrected chi connectivity index (χ4v) is 3.86. The molecule has 10 heteroatoms. The summed E-state index contributed by atoms with van der Waals surface area (Å²) in [4.78, 5) is 36.2. The van der Waals surface area contributed by atoms with Crippen molar-refractivity contribution in [2.24, 2.45) is 0 Å². The molecule has 4 rings (SSSR count). The Hall–Kier alpha value is -4.99. The number of non-ortho nitro benzene ring substituents is 3. The first-order valence-electron chi connectivity index (χ1n) is 11.0. The Morgan fingerprint density at radius 3 is 1.08 bits per heavy atom. The third-order valence-corrected chi connectivity index (χ3v) is 5.61. The van der Waals surface area contributed by atoms with Crippen molar-refractivity contribution >= 4 is 17.1 Å². The van der Waals surface area contributed by atoms with Crippen LogP contribution in [0.15, 0.2) is 84.9 Å². The molecule has 4 aromatic rings. The van der Waals surface area contributed by atoms with E-state index in [2.05, 4.69) is 0 Å². The van der Waals surface area contributed by atoms with Crippen LogP contribution in [0.5, 0.6) is 0 Å². The Kier molecular flexibility index (Phi) is 7.05. The van der Waals surface area contributed by atoms with E-state index < -0.39 is 14.8 Å². The van der Waals surface area contributed by atoms with E-state index in [-0.39, 0.29) is 17.1 Å². The van der Waals surface area contributed by atoms with Crippen LogP contribution < -0.4 is 0 Å². The highest BCUT2D eigenvalue weighted by Crippen LogP contribution is 2.21. The van der Waals surface area contributed by atoms with Gasteiger partial charge in [-0.25, -0.2) is 0 Å². The number of nitro groups is 3. The highest BCUT2D eigenvalue weighted by atomic mass is 16.6. The predicted octanol–water partition coefficient (Wildman–Crippen LogP) is 5.58. The van der Waals surface area contributed by atoms with Crippen molar-refractivity contribution in [3.8, 4) is 0 Å². The molecule has 1 aromatic heterocycles. The fraction of sp³-hybridized carbons (Fsp3) is 0.115. The maximum atomic E-state index is 10.9. The van der Waals surface area contributed by atoms with Gasteiger partial charge in [-0.05, 0) is 40.8 Å². The number of pyridine rings is 1. The van der Waals surface area contributed by atoms with Crippen LogP contribution in [0, 0.1) is 30.3 Å². The molecular weight excluding hydrogens is 464 g/mol. The van der Waals surface area contributed by atoms with Crippen LogP contribution in [0.2, 0.25) is 0 Å². The zero-order chi connectivity index (χ0) is 25.7. The highest BCUT2D eigenvalue weighted by molar-refractivity contribution is 5.39. The molecule has 0 N–H and O–H groups in total. The molecule has 0 aliphatic rings. The summed E-state index contributed by atoms with van der Waals surface area (Å²) >= 11 is 0. The Morgan fingerprint density at radius 1 is 0.472 bits per heavy atom. The van der Waals surface area contributed by atoms with Gasteiger partial charge in [-0.3, -0.25) is 35.3 Å². The van der Waals surface area contributed by atoms with Crippen molar-refractivity contribution in [2.45, 2.75) is 19.3 Å². The van der Waals surface area contributed by atoms with Gasteiger partial charge in [0.15, 0.2) is 0 Å². The molecule has 0 aliphatic heterocycles. The standard InChI is InChI=1S/C26H20N4O6/c31-28(32)24-7-1-18(2-8-24)13-21-16-22(14-19-3-9-25(10-4-19)29(33)34)27-23(17-21)15-20-5-11-26(12-6-20)30(35)36/h1-12,16-17H,13-15H2. The maximum absolute atomic E-state index is 10.9. The molecule has 0 fully saturated rings. The molecule has 0 amide bonds. The molecule has 10 nitrogen and oxygen atoms in total. The second kappa shape index (κ2) is 10.5. The third kappa shape index (κ3) is 6.11. The van der Waals surface area contributed by atoms with Crippen molar-refractivity contribution in [2.75, 3.05) is 0 Å². The van der Waals surface area contributed by atoms with E-state index in [9.17, 15) is 30.3 Å². The van der Waals surface area contributed by atoms with Crippen molar-refractivity contribution in [3.05, 3.63) is 149 Å². The number of hydrogen-bond acceptors (Lipinski definition) is 7. The van der Waals surface area contributed by atoms with E-state index >= 15 is 0 Å². The average molecular weight is 484 g/mol. The maximum Gasteiger partial charge on any atom is 0.269 e. The minimum atomic E-state index is -0.449.